The molecule has 0 saturated carbocycles. The van der Waals surface area contributed by atoms with Crippen LogP contribution in [0.2, 0.25) is 0 Å². The van der Waals surface area contributed by atoms with E-state index in [4.69, 9.17) is 10.8 Å². The Hall–Kier alpha value is -0.340. The molecule has 0 amide bonds. The minimum Gasteiger partial charge on any atom is -0.392 e. The monoisotopic (exact) mass is 115 g/mol. The van der Waals surface area contributed by atoms with Gasteiger partial charge in [-0.15, -0.1) is 0 Å². The molecule has 0 heterocycles. The topological polar surface area (TPSA) is 46.2 Å². The van der Waals surface area contributed by atoms with Gasteiger partial charge < -0.3 is 10.8 Å². The van der Waals surface area contributed by atoms with E-state index in [0.717, 1.165) is 5.57 Å². The third-order valence-corrected chi connectivity index (χ3v) is 0.797. The molecule has 1 atom stereocenters. The van der Waals surface area contributed by atoms with Gasteiger partial charge in [-0.1, -0.05) is 11.6 Å². The molecule has 0 aromatic carbocycles. The largest absolute Gasteiger partial charge is 0.392 e. The molecule has 0 aromatic heterocycles. The SMILES string of the molecule is C/C(=C\[C@H](C)N)CO. The number of aliphatic hydroxyl groups excluding tert-OH is 1. The Morgan fingerprint density at radius 1 is 1.88 bits per heavy atom. The van der Waals surface area contributed by atoms with Crippen molar-refractivity contribution < 1.29 is 5.11 Å². The van der Waals surface area contributed by atoms with Gasteiger partial charge in [-0.05, 0) is 13.8 Å². The zero-order chi connectivity index (χ0) is 6.57. The number of hydrogen-bond acceptors (Lipinski definition) is 2. The van der Waals surface area contributed by atoms with E-state index in [1.807, 2.05) is 19.9 Å². The summed E-state index contributed by atoms with van der Waals surface area (Å²) in [6.45, 7) is 3.84. The van der Waals surface area contributed by atoms with Gasteiger partial charge in [0.1, 0.15) is 0 Å². The van der Waals surface area contributed by atoms with Crippen molar-refractivity contribution in [3.05, 3.63) is 11.6 Å². The molecule has 2 nitrogen and oxygen atoms in total. The fourth-order valence-corrected chi connectivity index (χ4v) is 0.501. The zero-order valence-electron chi connectivity index (χ0n) is 5.39. The molecule has 0 rings (SSSR count). The van der Waals surface area contributed by atoms with E-state index in [1.54, 1.807) is 0 Å². The minimum absolute atomic E-state index is 0.0575. The summed E-state index contributed by atoms with van der Waals surface area (Å²) in [5.41, 5.74) is 6.31. The fraction of sp³-hybridized carbons (Fsp3) is 0.667. The van der Waals surface area contributed by atoms with Crippen molar-refractivity contribution in [3.63, 3.8) is 0 Å². The van der Waals surface area contributed by atoms with Gasteiger partial charge in [0.05, 0.1) is 6.61 Å². The first-order valence-electron chi connectivity index (χ1n) is 2.70. The highest BCUT2D eigenvalue weighted by atomic mass is 16.3. The number of hydrogen-bond donors (Lipinski definition) is 2. The molecule has 0 spiro atoms. The van der Waals surface area contributed by atoms with E-state index >= 15 is 0 Å². The zero-order valence-corrected chi connectivity index (χ0v) is 5.39. The third kappa shape index (κ3) is 3.84. The lowest BCUT2D eigenvalue weighted by Gasteiger charge is -1.97. The molecule has 0 fully saturated rings. The molecule has 0 saturated heterocycles. The summed E-state index contributed by atoms with van der Waals surface area (Å²) in [7, 11) is 0. The van der Waals surface area contributed by atoms with Crippen LogP contribution in [0.25, 0.3) is 0 Å². The fourth-order valence-electron chi connectivity index (χ4n) is 0.501. The molecule has 0 aromatic rings. The smallest absolute Gasteiger partial charge is 0.0639 e. The van der Waals surface area contributed by atoms with Crippen molar-refractivity contribution in [2.45, 2.75) is 19.9 Å². The van der Waals surface area contributed by atoms with Crippen molar-refractivity contribution in [2.75, 3.05) is 6.61 Å². The third-order valence-electron chi connectivity index (χ3n) is 0.797. The van der Waals surface area contributed by atoms with E-state index in [-0.39, 0.29) is 12.6 Å². The number of aliphatic hydroxyl groups is 1. The van der Waals surface area contributed by atoms with Crippen molar-refractivity contribution >= 4 is 0 Å². The van der Waals surface area contributed by atoms with Gasteiger partial charge in [0.25, 0.3) is 0 Å². The van der Waals surface area contributed by atoms with Crippen LogP contribution in [0.1, 0.15) is 13.8 Å². The second-order valence-corrected chi connectivity index (χ2v) is 2.03. The lowest BCUT2D eigenvalue weighted by molar-refractivity contribution is 0.330. The Labute approximate surface area is 50.0 Å². The molecular weight excluding hydrogens is 102 g/mol. The molecular formula is C6H13NO. The van der Waals surface area contributed by atoms with Crippen LogP contribution in [0, 0.1) is 0 Å². The molecule has 8 heavy (non-hydrogen) atoms. The van der Waals surface area contributed by atoms with Gasteiger partial charge in [0.2, 0.25) is 0 Å². The van der Waals surface area contributed by atoms with Crippen molar-refractivity contribution in [1.82, 2.24) is 0 Å². The first-order chi connectivity index (χ1) is 3.66. The van der Waals surface area contributed by atoms with Crippen LogP contribution in [-0.4, -0.2) is 17.8 Å². The summed E-state index contributed by atoms with van der Waals surface area (Å²) in [5, 5.41) is 8.46. The predicted octanol–water partition coefficient (Wildman–Crippen LogP) is 0.272. The maximum Gasteiger partial charge on any atom is 0.0639 e. The molecule has 0 aliphatic carbocycles. The van der Waals surface area contributed by atoms with E-state index in [2.05, 4.69) is 0 Å². The molecule has 0 aliphatic rings. The number of nitrogens with two attached hydrogens (primary N) is 1. The van der Waals surface area contributed by atoms with Crippen molar-refractivity contribution in [3.8, 4) is 0 Å². The normalized spacial score (nSPS) is 16.2. The maximum absolute atomic E-state index is 8.46. The van der Waals surface area contributed by atoms with E-state index in [1.165, 1.54) is 0 Å². The molecule has 0 unspecified atom stereocenters. The summed E-state index contributed by atoms with van der Waals surface area (Å²) in [5.74, 6) is 0. The summed E-state index contributed by atoms with van der Waals surface area (Å²) < 4.78 is 0. The second-order valence-electron chi connectivity index (χ2n) is 2.03. The van der Waals surface area contributed by atoms with Gasteiger partial charge in [-0.3, -0.25) is 0 Å². The highest BCUT2D eigenvalue weighted by Gasteiger charge is 1.87. The second kappa shape index (κ2) is 3.64. The van der Waals surface area contributed by atoms with Crippen LogP contribution < -0.4 is 5.73 Å². The van der Waals surface area contributed by atoms with E-state index < -0.39 is 0 Å². The molecule has 0 bridgehead atoms. The Morgan fingerprint density at radius 3 is 2.50 bits per heavy atom. The quantitative estimate of drug-likeness (QED) is 0.507. The molecule has 3 N–H and O–H groups in total. The maximum atomic E-state index is 8.46. The molecule has 48 valence electrons. The van der Waals surface area contributed by atoms with E-state index in [9.17, 15) is 0 Å². The van der Waals surface area contributed by atoms with Gasteiger partial charge in [-0.25, -0.2) is 0 Å². The van der Waals surface area contributed by atoms with Crippen LogP contribution >= 0.6 is 0 Å². The summed E-state index contributed by atoms with van der Waals surface area (Å²) in [6.07, 6.45) is 1.83. The summed E-state index contributed by atoms with van der Waals surface area (Å²) in [6, 6.07) is 0.0575. The average molecular weight is 115 g/mol. The molecule has 0 radical (unpaired) electrons. The molecule has 0 aliphatic heterocycles. The van der Waals surface area contributed by atoms with Crippen LogP contribution in [0.5, 0.6) is 0 Å². The summed E-state index contributed by atoms with van der Waals surface area (Å²) >= 11 is 0. The van der Waals surface area contributed by atoms with Crippen molar-refractivity contribution in [2.24, 2.45) is 5.73 Å². The Kier molecular flexibility index (Phi) is 3.48. The van der Waals surface area contributed by atoms with Crippen LogP contribution in [0.3, 0.4) is 0 Å². The standard InChI is InChI=1S/C6H13NO/c1-5(4-8)3-6(2)7/h3,6,8H,4,7H2,1-2H3/b5-3+/t6-/m0/s1. The Bertz CT molecular complexity index is 86.5. The Balaban J connectivity index is 3.56. The van der Waals surface area contributed by atoms with Gasteiger partial charge in [0, 0.05) is 6.04 Å². The lowest BCUT2D eigenvalue weighted by atomic mass is 10.2. The lowest BCUT2D eigenvalue weighted by Crippen LogP contribution is -2.11. The van der Waals surface area contributed by atoms with E-state index in [0.29, 0.717) is 0 Å². The highest BCUT2D eigenvalue weighted by molar-refractivity contribution is 5.01. The first-order valence-corrected chi connectivity index (χ1v) is 2.70. The van der Waals surface area contributed by atoms with Crippen molar-refractivity contribution in [1.29, 1.82) is 0 Å². The van der Waals surface area contributed by atoms with Crippen LogP contribution in [0.15, 0.2) is 11.6 Å². The highest BCUT2D eigenvalue weighted by Crippen LogP contribution is 1.90. The minimum atomic E-state index is 0.0575. The first kappa shape index (κ1) is 7.66. The van der Waals surface area contributed by atoms with Gasteiger partial charge >= 0.3 is 0 Å². The average Bonchev–Trinajstić information content (AvgIpc) is 1.65. The molecule has 2 heteroatoms. The Morgan fingerprint density at radius 2 is 2.38 bits per heavy atom. The number of rotatable bonds is 2. The summed E-state index contributed by atoms with van der Waals surface area (Å²) in [4.78, 5) is 0. The van der Waals surface area contributed by atoms with Crippen LogP contribution in [0.4, 0.5) is 0 Å². The van der Waals surface area contributed by atoms with Gasteiger partial charge in [0.15, 0.2) is 0 Å². The van der Waals surface area contributed by atoms with Crippen LogP contribution in [-0.2, 0) is 0 Å². The predicted molar refractivity (Wildman–Crippen MR) is 34.5 cm³/mol. The van der Waals surface area contributed by atoms with Gasteiger partial charge in [-0.2, -0.15) is 0 Å².